The zero-order valence-electron chi connectivity index (χ0n) is 8.46. The zero-order valence-corrected chi connectivity index (χ0v) is 8.46. The van der Waals surface area contributed by atoms with Gasteiger partial charge in [-0.05, 0) is 32.8 Å². The Morgan fingerprint density at radius 2 is 2.23 bits per heavy atom. The van der Waals surface area contributed by atoms with Crippen LogP contribution in [0, 0.1) is 11.8 Å². The van der Waals surface area contributed by atoms with Gasteiger partial charge in [-0.1, -0.05) is 12.5 Å². The van der Waals surface area contributed by atoms with Gasteiger partial charge in [0.2, 0.25) is 0 Å². The molecule has 0 amide bonds. The standard InChI is InChI=1S/C11H16O2/c1-7-4-5-10(11(13)6-7)8(2)9(3)12/h6,8,10H,4-5H2,1-3H3. The molecule has 0 radical (unpaired) electrons. The molecule has 0 bridgehead atoms. The van der Waals surface area contributed by atoms with E-state index in [4.69, 9.17) is 0 Å². The zero-order chi connectivity index (χ0) is 10.0. The maximum atomic E-state index is 11.5. The normalized spacial score (nSPS) is 25.3. The minimum absolute atomic E-state index is 0.0683. The van der Waals surface area contributed by atoms with Crippen molar-refractivity contribution in [3.63, 3.8) is 0 Å². The first kappa shape index (κ1) is 10.2. The molecule has 0 saturated carbocycles. The number of rotatable bonds is 2. The molecule has 72 valence electrons. The number of hydrogen-bond donors (Lipinski definition) is 0. The molecule has 1 aliphatic rings. The molecular formula is C11H16O2. The molecule has 0 fully saturated rings. The van der Waals surface area contributed by atoms with Gasteiger partial charge >= 0.3 is 0 Å². The Hall–Kier alpha value is -0.920. The van der Waals surface area contributed by atoms with Gasteiger partial charge < -0.3 is 0 Å². The summed E-state index contributed by atoms with van der Waals surface area (Å²) >= 11 is 0. The van der Waals surface area contributed by atoms with E-state index in [1.807, 2.05) is 13.8 Å². The van der Waals surface area contributed by atoms with E-state index in [0.29, 0.717) is 0 Å². The fraction of sp³-hybridized carbons (Fsp3) is 0.636. The molecule has 0 N–H and O–H groups in total. The Morgan fingerprint density at radius 3 is 2.69 bits per heavy atom. The van der Waals surface area contributed by atoms with Gasteiger partial charge in [-0.15, -0.1) is 0 Å². The Balaban J connectivity index is 2.74. The van der Waals surface area contributed by atoms with Crippen molar-refractivity contribution >= 4 is 11.6 Å². The lowest BCUT2D eigenvalue weighted by Gasteiger charge is -2.23. The Kier molecular flexibility index (Phi) is 3.02. The number of ketones is 2. The molecule has 2 nitrogen and oxygen atoms in total. The fourth-order valence-corrected chi connectivity index (χ4v) is 1.73. The van der Waals surface area contributed by atoms with Gasteiger partial charge in [0.15, 0.2) is 5.78 Å². The molecule has 0 heterocycles. The quantitative estimate of drug-likeness (QED) is 0.652. The Labute approximate surface area is 79.0 Å². The molecule has 2 unspecified atom stereocenters. The van der Waals surface area contributed by atoms with Gasteiger partial charge in [-0.3, -0.25) is 9.59 Å². The molecule has 0 aromatic heterocycles. The predicted molar refractivity (Wildman–Crippen MR) is 51.3 cm³/mol. The molecule has 13 heavy (non-hydrogen) atoms. The van der Waals surface area contributed by atoms with Crippen molar-refractivity contribution in [3.8, 4) is 0 Å². The summed E-state index contributed by atoms with van der Waals surface area (Å²) in [4.78, 5) is 22.6. The molecular weight excluding hydrogens is 164 g/mol. The average Bonchev–Trinajstić information content (AvgIpc) is 2.03. The summed E-state index contributed by atoms with van der Waals surface area (Å²) in [6.45, 7) is 5.37. The SMILES string of the molecule is CC(=O)C(C)C1CCC(C)=CC1=O. The summed E-state index contributed by atoms with van der Waals surface area (Å²) in [5.74, 6) is 0.0656. The highest BCUT2D eigenvalue weighted by Gasteiger charge is 2.28. The van der Waals surface area contributed by atoms with E-state index < -0.39 is 0 Å². The summed E-state index contributed by atoms with van der Waals surface area (Å²) in [5, 5.41) is 0. The highest BCUT2D eigenvalue weighted by atomic mass is 16.1. The summed E-state index contributed by atoms with van der Waals surface area (Å²) in [5.41, 5.74) is 1.14. The van der Waals surface area contributed by atoms with Gasteiger partial charge in [-0.2, -0.15) is 0 Å². The van der Waals surface area contributed by atoms with E-state index in [1.54, 1.807) is 13.0 Å². The van der Waals surface area contributed by atoms with E-state index in [-0.39, 0.29) is 23.4 Å². The highest BCUT2D eigenvalue weighted by molar-refractivity contribution is 5.96. The van der Waals surface area contributed by atoms with E-state index in [2.05, 4.69) is 0 Å². The van der Waals surface area contributed by atoms with Crippen LogP contribution in [0.25, 0.3) is 0 Å². The lowest BCUT2D eigenvalue weighted by atomic mass is 9.79. The van der Waals surface area contributed by atoms with Crippen LogP contribution in [0.15, 0.2) is 11.6 Å². The van der Waals surface area contributed by atoms with Crippen molar-refractivity contribution in [3.05, 3.63) is 11.6 Å². The van der Waals surface area contributed by atoms with Crippen LogP contribution in [0.3, 0.4) is 0 Å². The van der Waals surface area contributed by atoms with Crippen molar-refractivity contribution < 1.29 is 9.59 Å². The third kappa shape index (κ3) is 2.27. The van der Waals surface area contributed by atoms with Crippen LogP contribution in [0.1, 0.15) is 33.6 Å². The number of allylic oxidation sites excluding steroid dienone is 2. The van der Waals surface area contributed by atoms with Gasteiger partial charge in [-0.25, -0.2) is 0 Å². The van der Waals surface area contributed by atoms with Crippen LogP contribution < -0.4 is 0 Å². The van der Waals surface area contributed by atoms with Crippen LogP contribution in [0.5, 0.6) is 0 Å². The predicted octanol–water partition coefficient (Wildman–Crippen LogP) is 2.14. The van der Waals surface area contributed by atoms with Crippen molar-refractivity contribution in [1.29, 1.82) is 0 Å². The van der Waals surface area contributed by atoms with E-state index >= 15 is 0 Å². The van der Waals surface area contributed by atoms with Crippen LogP contribution in [-0.4, -0.2) is 11.6 Å². The molecule has 0 aromatic rings. The molecule has 0 saturated heterocycles. The maximum absolute atomic E-state index is 11.5. The van der Waals surface area contributed by atoms with Gasteiger partial charge in [0.05, 0.1) is 0 Å². The topological polar surface area (TPSA) is 34.1 Å². The smallest absolute Gasteiger partial charge is 0.159 e. The second kappa shape index (κ2) is 3.86. The lowest BCUT2D eigenvalue weighted by Crippen LogP contribution is -2.27. The fourth-order valence-electron chi connectivity index (χ4n) is 1.73. The van der Waals surface area contributed by atoms with E-state index in [1.165, 1.54) is 0 Å². The lowest BCUT2D eigenvalue weighted by molar-refractivity contribution is -0.128. The molecule has 0 aromatic carbocycles. The van der Waals surface area contributed by atoms with Gasteiger partial charge in [0.25, 0.3) is 0 Å². The highest BCUT2D eigenvalue weighted by Crippen LogP contribution is 2.26. The molecule has 2 heteroatoms. The average molecular weight is 180 g/mol. The molecule has 0 spiro atoms. The van der Waals surface area contributed by atoms with Crippen molar-refractivity contribution in [1.82, 2.24) is 0 Å². The third-order valence-electron chi connectivity index (χ3n) is 2.85. The summed E-state index contributed by atoms with van der Waals surface area (Å²) in [6, 6.07) is 0. The molecule has 2 atom stereocenters. The van der Waals surface area contributed by atoms with Crippen molar-refractivity contribution in [2.45, 2.75) is 33.6 Å². The summed E-state index contributed by atoms with van der Waals surface area (Å²) in [6.07, 6.45) is 3.48. The van der Waals surface area contributed by atoms with Crippen molar-refractivity contribution in [2.24, 2.45) is 11.8 Å². The first-order valence-corrected chi connectivity index (χ1v) is 4.74. The minimum Gasteiger partial charge on any atom is -0.300 e. The minimum atomic E-state index is -0.114. The largest absolute Gasteiger partial charge is 0.300 e. The summed E-state index contributed by atoms with van der Waals surface area (Å²) < 4.78 is 0. The second-order valence-electron chi connectivity index (χ2n) is 3.94. The first-order valence-electron chi connectivity index (χ1n) is 4.74. The van der Waals surface area contributed by atoms with Gasteiger partial charge in [0, 0.05) is 11.8 Å². The number of Topliss-reactive ketones (excluding diaryl/α,β-unsaturated/α-hetero) is 1. The van der Waals surface area contributed by atoms with E-state index in [0.717, 1.165) is 18.4 Å². The monoisotopic (exact) mass is 180 g/mol. The molecule has 1 aliphatic carbocycles. The number of carbonyl (C=O) groups excluding carboxylic acids is 2. The van der Waals surface area contributed by atoms with Crippen LogP contribution in [0.2, 0.25) is 0 Å². The second-order valence-corrected chi connectivity index (χ2v) is 3.94. The summed E-state index contributed by atoms with van der Waals surface area (Å²) in [7, 11) is 0. The third-order valence-corrected chi connectivity index (χ3v) is 2.85. The maximum Gasteiger partial charge on any atom is 0.159 e. The van der Waals surface area contributed by atoms with Gasteiger partial charge in [0.1, 0.15) is 5.78 Å². The van der Waals surface area contributed by atoms with Crippen LogP contribution in [-0.2, 0) is 9.59 Å². The molecule has 0 aliphatic heterocycles. The Bertz CT molecular complexity index is 263. The molecule has 1 rings (SSSR count). The number of carbonyl (C=O) groups is 2. The Morgan fingerprint density at radius 1 is 1.62 bits per heavy atom. The first-order chi connectivity index (χ1) is 6.02. The van der Waals surface area contributed by atoms with E-state index in [9.17, 15) is 9.59 Å². The van der Waals surface area contributed by atoms with Crippen molar-refractivity contribution in [2.75, 3.05) is 0 Å². The number of hydrogen-bond acceptors (Lipinski definition) is 2. The van der Waals surface area contributed by atoms with Crippen LogP contribution >= 0.6 is 0 Å². The van der Waals surface area contributed by atoms with Crippen LogP contribution in [0.4, 0.5) is 0 Å².